The Morgan fingerprint density at radius 3 is 2.75 bits per heavy atom. The molecule has 1 atom stereocenters. The van der Waals surface area contributed by atoms with Gasteiger partial charge in [-0.05, 0) is 13.3 Å². The van der Waals surface area contributed by atoms with E-state index in [9.17, 15) is 4.79 Å². The summed E-state index contributed by atoms with van der Waals surface area (Å²) in [6, 6.07) is 0. The predicted molar refractivity (Wildman–Crippen MR) is 47.1 cm³/mol. The minimum Gasteiger partial charge on any atom is -0.479 e. The Bertz CT molecular complexity index is 152. The maximum Gasteiger partial charge on any atom is 0.332 e. The Hall–Kier alpha value is -0.830. The predicted octanol–water partition coefficient (Wildman–Crippen LogP) is 1.83. The summed E-state index contributed by atoms with van der Waals surface area (Å²) in [7, 11) is 0. The first-order valence-electron chi connectivity index (χ1n) is 4.18. The molecule has 70 valence electrons. The van der Waals surface area contributed by atoms with Crippen LogP contribution in [0.5, 0.6) is 0 Å². The third-order valence-electron chi connectivity index (χ3n) is 1.46. The smallest absolute Gasteiger partial charge is 0.332 e. The van der Waals surface area contributed by atoms with Gasteiger partial charge in [-0.15, -0.1) is 0 Å². The third-order valence-corrected chi connectivity index (χ3v) is 1.46. The van der Waals surface area contributed by atoms with E-state index in [-0.39, 0.29) is 0 Å². The molecular weight excluding hydrogens is 156 g/mol. The monoisotopic (exact) mass is 172 g/mol. The van der Waals surface area contributed by atoms with Gasteiger partial charge in [0.05, 0.1) is 6.61 Å². The van der Waals surface area contributed by atoms with Crippen molar-refractivity contribution in [3.8, 4) is 0 Å². The van der Waals surface area contributed by atoms with Crippen LogP contribution in [0.3, 0.4) is 0 Å². The lowest BCUT2D eigenvalue weighted by Gasteiger charge is -2.10. The zero-order valence-corrected chi connectivity index (χ0v) is 7.62. The summed E-state index contributed by atoms with van der Waals surface area (Å²) in [5.41, 5.74) is 0. The molecule has 0 aliphatic carbocycles. The molecule has 1 N–H and O–H groups in total. The molecule has 3 heteroatoms. The van der Waals surface area contributed by atoms with Gasteiger partial charge in [-0.25, -0.2) is 4.79 Å². The number of rotatable bonds is 6. The van der Waals surface area contributed by atoms with Gasteiger partial charge in [-0.1, -0.05) is 25.5 Å². The summed E-state index contributed by atoms with van der Waals surface area (Å²) in [6.45, 7) is 4.20. The van der Waals surface area contributed by atoms with Crippen LogP contribution < -0.4 is 0 Å². The Morgan fingerprint density at radius 1 is 1.67 bits per heavy atom. The van der Waals surface area contributed by atoms with Crippen LogP contribution in [-0.4, -0.2) is 23.8 Å². The standard InChI is InChI=1S/C9H16O3/c1-3-5-7-12-8(6-4-2)9(10)11/h3,5,8H,4,6-7H2,1-2H3,(H,10,11)/b5-3-. The minimum atomic E-state index is -0.874. The lowest BCUT2D eigenvalue weighted by molar-refractivity contribution is -0.150. The van der Waals surface area contributed by atoms with Crippen molar-refractivity contribution in [2.24, 2.45) is 0 Å². The van der Waals surface area contributed by atoms with Gasteiger partial charge >= 0.3 is 5.97 Å². The Labute approximate surface area is 73.0 Å². The maximum absolute atomic E-state index is 10.5. The summed E-state index contributed by atoms with van der Waals surface area (Å²) in [5.74, 6) is -0.874. The molecule has 0 saturated heterocycles. The quantitative estimate of drug-likeness (QED) is 0.622. The van der Waals surface area contributed by atoms with Crippen molar-refractivity contribution in [3.63, 3.8) is 0 Å². The number of ether oxygens (including phenoxy) is 1. The molecule has 0 aromatic rings. The first kappa shape index (κ1) is 11.2. The van der Waals surface area contributed by atoms with Gasteiger partial charge in [0, 0.05) is 0 Å². The molecule has 0 aromatic heterocycles. The highest BCUT2D eigenvalue weighted by Gasteiger charge is 2.15. The van der Waals surface area contributed by atoms with Crippen molar-refractivity contribution in [1.29, 1.82) is 0 Å². The van der Waals surface area contributed by atoms with Gasteiger partial charge in [0.1, 0.15) is 0 Å². The van der Waals surface area contributed by atoms with E-state index in [0.29, 0.717) is 13.0 Å². The normalized spacial score (nSPS) is 13.5. The highest BCUT2D eigenvalue weighted by molar-refractivity contribution is 5.72. The van der Waals surface area contributed by atoms with Gasteiger partial charge < -0.3 is 9.84 Å². The SMILES string of the molecule is C/C=C\COC(CCC)C(=O)O. The summed E-state index contributed by atoms with van der Waals surface area (Å²) < 4.78 is 5.10. The van der Waals surface area contributed by atoms with Crippen LogP contribution in [0.1, 0.15) is 26.7 Å². The molecule has 3 nitrogen and oxygen atoms in total. The van der Waals surface area contributed by atoms with E-state index in [0.717, 1.165) is 6.42 Å². The summed E-state index contributed by atoms with van der Waals surface area (Å²) in [6.07, 6.45) is 4.39. The van der Waals surface area contributed by atoms with Crippen molar-refractivity contribution in [2.75, 3.05) is 6.61 Å². The Balaban J connectivity index is 3.71. The molecule has 0 aliphatic rings. The van der Waals surface area contributed by atoms with Crippen molar-refractivity contribution in [3.05, 3.63) is 12.2 Å². The second kappa shape index (κ2) is 6.85. The van der Waals surface area contributed by atoms with E-state index in [1.54, 1.807) is 6.08 Å². The number of carbonyl (C=O) groups is 1. The zero-order valence-electron chi connectivity index (χ0n) is 7.62. The first-order chi connectivity index (χ1) is 5.72. The Kier molecular flexibility index (Phi) is 6.38. The largest absolute Gasteiger partial charge is 0.479 e. The van der Waals surface area contributed by atoms with Gasteiger partial charge in [-0.2, -0.15) is 0 Å². The fraction of sp³-hybridized carbons (Fsp3) is 0.667. The van der Waals surface area contributed by atoms with E-state index in [1.807, 2.05) is 19.9 Å². The number of hydrogen-bond donors (Lipinski definition) is 1. The molecule has 0 heterocycles. The average molecular weight is 172 g/mol. The van der Waals surface area contributed by atoms with Crippen LogP contribution in [0, 0.1) is 0 Å². The number of allylic oxidation sites excluding steroid dienone is 1. The molecule has 0 aromatic carbocycles. The van der Waals surface area contributed by atoms with E-state index in [4.69, 9.17) is 9.84 Å². The number of carboxylic acids is 1. The molecule has 0 bridgehead atoms. The molecule has 0 amide bonds. The van der Waals surface area contributed by atoms with Gasteiger partial charge in [0.25, 0.3) is 0 Å². The molecular formula is C9H16O3. The number of carboxylic acid groups (broad SMARTS) is 1. The zero-order chi connectivity index (χ0) is 9.40. The van der Waals surface area contributed by atoms with Crippen molar-refractivity contribution >= 4 is 5.97 Å². The van der Waals surface area contributed by atoms with Crippen LogP contribution in [0.15, 0.2) is 12.2 Å². The Morgan fingerprint density at radius 2 is 2.33 bits per heavy atom. The fourth-order valence-corrected chi connectivity index (χ4v) is 0.808. The molecule has 0 radical (unpaired) electrons. The van der Waals surface area contributed by atoms with E-state index in [1.165, 1.54) is 0 Å². The van der Waals surface area contributed by atoms with Crippen LogP contribution >= 0.6 is 0 Å². The van der Waals surface area contributed by atoms with Crippen LogP contribution in [-0.2, 0) is 9.53 Å². The van der Waals surface area contributed by atoms with Crippen molar-refractivity contribution < 1.29 is 14.6 Å². The van der Waals surface area contributed by atoms with Gasteiger partial charge in [-0.3, -0.25) is 0 Å². The van der Waals surface area contributed by atoms with Crippen LogP contribution in [0.4, 0.5) is 0 Å². The van der Waals surface area contributed by atoms with Crippen molar-refractivity contribution in [2.45, 2.75) is 32.8 Å². The highest BCUT2D eigenvalue weighted by Crippen LogP contribution is 2.02. The van der Waals surface area contributed by atoms with Crippen molar-refractivity contribution in [1.82, 2.24) is 0 Å². The number of hydrogen-bond acceptors (Lipinski definition) is 2. The first-order valence-corrected chi connectivity index (χ1v) is 4.18. The lowest BCUT2D eigenvalue weighted by atomic mass is 10.2. The molecule has 0 spiro atoms. The summed E-state index contributed by atoms with van der Waals surface area (Å²) >= 11 is 0. The van der Waals surface area contributed by atoms with Crippen LogP contribution in [0.2, 0.25) is 0 Å². The van der Waals surface area contributed by atoms with E-state index in [2.05, 4.69) is 0 Å². The van der Waals surface area contributed by atoms with E-state index < -0.39 is 12.1 Å². The lowest BCUT2D eigenvalue weighted by Crippen LogP contribution is -2.23. The second-order valence-electron chi connectivity index (χ2n) is 2.52. The third kappa shape index (κ3) is 4.91. The molecule has 0 saturated carbocycles. The topological polar surface area (TPSA) is 46.5 Å². The summed E-state index contributed by atoms with van der Waals surface area (Å²) in [5, 5.41) is 8.65. The second-order valence-corrected chi connectivity index (χ2v) is 2.52. The molecule has 1 unspecified atom stereocenters. The molecule has 0 rings (SSSR count). The molecule has 0 aliphatic heterocycles. The number of aliphatic carboxylic acids is 1. The van der Waals surface area contributed by atoms with Gasteiger partial charge in [0.15, 0.2) is 6.10 Å². The summed E-state index contributed by atoms with van der Waals surface area (Å²) in [4.78, 5) is 10.5. The molecule has 0 fully saturated rings. The molecule has 12 heavy (non-hydrogen) atoms. The van der Waals surface area contributed by atoms with Crippen LogP contribution in [0.25, 0.3) is 0 Å². The minimum absolute atomic E-state index is 0.382. The average Bonchev–Trinajstić information content (AvgIpc) is 2.03. The maximum atomic E-state index is 10.5. The van der Waals surface area contributed by atoms with Gasteiger partial charge in [0.2, 0.25) is 0 Å². The van der Waals surface area contributed by atoms with E-state index >= 15 is 0 Å². The fourth-order valence-electron chi connectivity index (χ4n) is 0.808. The highest BCUT2D eigenvalue weighted by atomic mass is 16.5.